The van der Waals surface area contributed by atoms with Crippen molar-refractivity contribution in [2.75, 3.05) is 19.1 Å². The van der Waals surface area contributed by atoms with E-state index in [9.17, 15) is 8.42 Å². The van der Waals surface area contributed by atoms with Crippen molar-refractivity contribution in [3.63, 3.8) is 0 Å². The molecular formula is C11H21N3O2S. The Hall–Kier alpha value is -0.880. The highest BCUT2D eigenvalue weighted by atomic mass is 32.2. The summed E-state index contributed by atoms with van der Waals surface area (Å²) in [6, 6.07) is 2.04. The highest BCUT2D eigenvalue weighted by molar-refractivity contribution is 7.90. The summed E-state index contributed by atoms with van der Waals surface area (Å²) in [7, 11) is -1.08. The molecule has 6 heteroatoms. The van der Waals surface area contributed by atoms with Gasteiger partial charge in [0, 0.05) is 18.8 Å². The van der Waals surface area contributed by atoms with Crippen molar-refractivity contribution < 1.29 is 8.42 Å². The molecule has 0 fully saturated rings. The molecular weight excluding hydrogens is 238 g/mol. The number of hydrogen-bond acceptors (Lipinski definition) is 4. The van der Waals surface area contributed by atoms with Crippen LogP contribution in [0.1, 0.15) is 30.8 Å². The maximum Gasteiger partial charge on any atom is 0.147 e. The number of aryl methyl sites for hydroxylation is 2. The van der Waals surface area contributed by atoms with Crippen LogP contribution < -0.4 is 5.32 Å². The average Bonchev–Trinajstić information content (AvgIpc) is 2.59. The van der Waals surface area contributed by atoms with Gasteiger partial charge in [-0.2, -0.15) is 5.10 Å². The number of nitrogens with one attached hydrogen (secondary N) is 1. The minimum absolute atomic E-state index is 0.0332. The fourth-order valence-electron chi connectivity index (χ4n) is 1.87. The number of aromatic nitrogens is 2. The molecule has 0 aliphatic heterocycles. The lowest BCUT2D eigenvalue weighted by molar-refractivity contribution is 0.501. The van der Waals surface area contributed by atoms with Crippen LogP contribution in [0.5, 0.6) is 0 Å². The van der Waals surface area contributed by atoms with Crippen LogP contribution >= 0.6 is 0 Å². The summed E-state index contributed by atoms with van der Waals surface area (Å²) in [5, 5.41) is 7.52. The second-order valence-corrected chi connectivity index (χ2v) is 6.55. The van der Waals surface area contributed by atoms with E-state index >= 15 is 0 Å². The molecule has 1 aromatic heterocycles. The van der Waals surface area contributed by atoms with E-state index in [1.54, 1.807) is 0 Å². The minimum atomic E-state index is -2.92. The third-order valence-electron chi connectivity index (χ3n) is 2.72. The molecule has 0 saturated heterocycles. The number of rotatable bonds is 6. The van der Waals surface area contributed by atoms with Crippen LogP contribution in [0, 0.1) is 6.92 Å². The molecule has 17 heavy (non-hydrogen) atoms. The van der Waals surface area contributed by atoms with E-state index in [0.29, 0.717) is 6.42 Å². The highest BCUT2D eigenvalue weighted by Crippen LogP contribution is 2.18. The standard InChI is InChI=1S/C11H21N3O2S/c1-5-14-11(8-9(2)13-14)10(12-3)6-7-17(4,15)16/h8,10,12H,5-7H2,1-4H3. The summed E-state index contributed by atoms with van der Waals surface area (Å²) in [4.78, 5) is 0. The Balaban J connectivity index is 2.85. The maximum absolute atomic E-state index is 11.2. The SMILES string of the molecule is CCn1nc(C)cc1C(CCS(C)(=O)=O)NC. The molecule has 1 atom stereocenters. The van der Waals surface area contributed by atoms with Crippen molar-refractivity contribution in [2.45, 2.75) is 32.9 Å². The zero-order valence-electron chi connectivity index (χ0n) is 10.9. The van der Waals surface area contributed by atoms with Gasteiger partial charge in [0.15, 0.2) is 0 Å². The first-order valence-corrected chi connectivity index (χ1v) is 7.82. The van der Waals surface area contributed by atoms with Crippen LogP contribution in [-0.4, -0.2) is 37.3 Å². The van der Waals surface area contributed by atoms with Crippen LogP contribution in [-0.2, 0) is 16.4 Å². The summed E-state index contributed by atoms with van der Waals surface area (Å²) in [6.45, 7) is 4.76. The highest BCUT2D eigenvalue weighted by Gasteiger charge is 2.17. The second kappa shape index (κ2) is 5.64. The lowest BCUT2D eigenvalue weighted by Crippen LogP contribution is -2.22. The molecule has 5 nitrogen and oxygen atoms in total. The fourth-order valence-corrected chi connectivity index (χ4v) is 2.54. The Bertz CT molecular complexity index is 465. The van der Waals surface area contributed by atoms with E-state index in [1.165, 1.54) is 6.26 Å². The molecule has 1 unspecified atom stereocenters. The Morgan fingerprint density at radius 1 is 1.53 bits per heavy atom. The van der Waals surface area contributed by atoms with Gasteiger partial charge in [0.1, 0.15) is 9.84 Å². The lowest BCUT2D eigenvalue weighted by Gasteiger charge is -2.16. The van der Waals surface area contributed by atoms with Gasteiger partial charge in [0.05, 0.1) is 17.1 Å². The number of sulfone groups is 1. The van der Waals surface area contributed by atoms with E-state index in [-0.39, 0.29) is 11.8 Å². The van der Waals surface area contributed by atoms with Crippen molar-refractivity contribution in [3.05, 3.63) is 17.5 Å². The van der Waals surface area contributed by atoms with Crippen molar-refractivity contribution in [3.8, 4) is 0 Å². The van der Waals surface area contributed by atoms with Crippen molar-refractivity contribution in [1.82, 2.24) is 15.1 Å². The van der Waals surface area contributed by atoms with Gasteiger partial charge in [0.25, 0.3) is 0 Å². The Morgan fingerprint density at radius 3 is 2.65 bits per heavy atom. The molecule has 0 aliphatic carbocycles. The van der Waals surface area contributed by atoms with Crippen LogP contribution in [0.25, 0.3) is 0 Å². The third-order valence-corrected chi connectivity index (χ3v) is 3.69. The van der Waals surface area contributed by atoms with Gasteiger partial charge >= 0.3 is 0 Å². The summed E-state index contributed by atoms with van der Waals surface area (Å²) in [6.07, 6.45) is 1.84. The van der Waals surface area contributed by atoms with Gasteiger partial charge in [-0.05, 0) is 33.4 Å². The van der Waals surface area contributed by atoms with Gasteiger partial charge < -0.3 is 5.32 Å². The van der Waals surface area contributed by atoms with Crippen molar-refractivity contribution in [2.24, 2.45) is 0 Å². The molecule has 1 heterocycles. The monoisotopic (exact) mass is 259 g/mol. The molecule has 1 rings (SSSR count). The number of nitrogens with zero attached hydrogens (tertiary/aromatic N) is 2. The van der Waals surface area contributed by atoms with E-state index in [0.717, 1.165) is 17.9 Å². The van der Waals surface area contributed by atoms with Gasteiger partial charge in [-0.15, -0.1) is 0 Å². The molecule has 0 aromatic carbocycles. The van der Waals surface area contributed by atoms with E-state index in [1.807, 2.05) is 31.6 Å². The average molecular weight is 259 g/mol. The molecule has 98 valence electrons. The normalized spacial score (nSPS) is 13.9. The zero-order chi connectivity index (χ0) is 13.1. The summed E-state index contributed by atoms with van der Waals surface area (Å²) in [5.41, 5.74) is 2.01. The maximum atomic E-state index is 11.2. The minimum Gasteiger partial charge on any atom is -0.312 e. The first-order chi connectivity index (χ1) is 7.87. The topological polar surface area (TPSA) is 64.0 Å². The molecule has 1 N–H and O–H groups in total. The quantitative estimate of drug-likeness (QED) is 0.824. The summed E-state index contributed by atoms with van der Waals surface area (Å²) in [5.74, 6) is 0.187. The summed E-state index contributed by atoms with van der Waals surface area (Å²) < 4.78 is 24.3. The molecule has 0 aliphatic rings. The third kappa shape index (κ3) is 4.12. The second-order valence-electron chi connectivity index (χ2n) is 4.29. The van der Waals surface area contributed by atoms with Crippen LogP contribution in [0.4, 0.5) is 0 Å². The molecule has 0 radical (unpaired) electrons. The predicted octanol–water partition coefficient (Wildman–Crippen LogP) is 0.907. The lowest BCUT2D eigenvalue weighted by atomic mass is 10.1. The molecule has 1 aromatic rings. The van der Waals surface area contributed by atoms with Gasteiger partial charge in [-0.1, -0.05) is 0 Å². The van der Waals surface area contributed by atoms with Crippen LogP contribution in [0.15, 0.2) is 6.07 Å². The van der Waals surface area contributed by atoms with Gasteiger partial charge in [-0.3, -0.25) is 4.68 Å². The largest absolute Gasteiger partial charge is 0.312 e. The van der Waals surface area contributed by atoms with Crippen LogP contribution in [0.2, 0.25) is 0 Å². The Labute approximate surface area is 103 Å². The predicted molar refractivity (Wildman–Crippen MR) is 68.8 cm³/mol. The Kier molecular flexibility index (Phi) is 4.70. The molecule has 0 amide bonds. The summed E-state index contributed by atoms with van der Waals surface area (Å²) >= 11 is 0. The first kappa shape index (κ1) is 14.2. The zero-order valence-corrected chi connectivity index (χ0v) is 11.7. The molecule has 0 spiro atoms. The van der Waals surface area contributed by atoms with Crippen LogP contribution in [0.3, 0.4) is 0 Å². The van der Waals surface area contributed by atoms with E-state index in [4.69, 9.17) is 0 Å². The Morgan fingerprint density at radius 2 is 2.18 bits per heavy atom. The van der Waals surface area contributed by atoms with Gasteiger partial charge in [-0.25, -0.2) is 8.42 Å². The number of hydrogen-bond donors (Lipinski definition) is 1. The fraction of sp³-hybridized carbons (Fsp3) is 0.727. The molecule has 0 saturated carbocycles. The smallest absolute Gasteiger partial charge is 0.147 e. The van der Waals surface area contributed by atoms with Gasteiger partial charge in [0.2, 0.25) is 0 Å². The van der Waals surface area contributed by atoms with Crippen molar-refractivity contribution >= 4 is 9.84 Å². The van der Waals surface area contributed by atoms with Crippen molar-refractivity contribution in [1.29, 1.82) is 0 Å². The van der Waals surface area contributed by atoms with E-state index < -0.39 is 9.84 Å². The molecule has 0 bridgehead atoms. The van der Waals surface area contributed by atoms with E-state index in [2.05, 4.69) is 10.4 Å². The first-order valence-electron chi connectivity index (χ1n) is 5.76.